The number of benzene rings is 2. The van der Waals surface area contributed by atoms with Gasteiger partial charge in [-0.15, -0.1) is 10.2 Å². The lowest BCUT2D eigenvalue weighted by molar-refractivity contribution is -0.118. The van der Waals surface area contributed by atoms with Crippen molar-refractivity contribution in [3.63, 3.8) is 0 Å². The van der Waals surface area contributed by atoms with Gasteiger partial charge in [-0.2, -0.15) is 11.3 Å². The quantitative estimate of drug-likeness (QED) is 0.443. The van der Waals surface area contributed by atoms with E-state index in [2.05, 4.69) is 15.5 Å². The van der Waals surface area contributed by atoms with Crippen LogP contribution in [0.5, 0.6) is 0 Å². The number of thioether (sulfide) groups is 1. The first-order valence-corrected chi connectivity index (χ1v) is 10.8. The Balaban J connectivity index is 1.55. The highest BCUT2D eigenvalue weighted by Gasteiger charge is 2.17. The summed E-state index contributed by atoms with van der Waals surface area (Å²) < 4.78 is 15.2. The van der Waals surface area contributed by atoms with Gasteiger partial charge in [0.1, 0.15) is 5.82 Å². The fourth-order valence-electron chi connectivity index (χ4n) is 2.73. The van der Waals surface area contributed by atoms with Crippen LogP contribution in [0, 0.1) is 5.82 Å². The third kappa shape index (κ3) is 4.72. The average molecular weight is 425 g/mol. The van der Waals surface area contributed by atoms with E-state index in [1.54, 1.807) is 23.5 Å². The normalized spacial score (nSPS) is 10.8. The number of thiophene rings is 1. The maximum atomic E-state index is 13.3. The highest BCUT2D eigenvalue weighted by molar-refractivity contribution is 7.99. The molecule has 146 valence electrons. The molecule has 0 bridgehead atoms. The summed E-state index contributed by atoms with van der Waals surface area (Å²) in [5.74, 6) is 0.430. The largest absolute Gasteiger partial charge is 0.351 e. The summed E-state index contributed by atoms with van der Waals surface area (Å²) in [4.78, 5) is 12.2. The molecule has 1 N–H and O–H groups in total. The van der Waals surface area contributed by atoms with Crippen molar-refractivity contribution in [2.45, 2.75) is 11.7 Å². The summed E-state index contributed by atoms with van der Waals surface area (Å²) in [6.45, 7) is 0.509. The number of amides is 1. The summed E-state index contributed by atoms with van der Waals surface area (Å²) in [6, 6.07) is 17.8. The third-order valence-electron chi connectivity index (χ3n) is 4.15. The number of aromatic nitrogens is 3. The van der Waals surface area contributed by atoms with Crippen LogP contribution < -0.4 is 5.32 Å². The molecule has 0 aliphatic rings. The molecule has 0 spiro atoms. The van der Waals surface area contributed by atoms with Crippen molar-refractivity contribution < 1.29 is 9.18 Å². The molecule has 29 heavy (non-hydrogen) atoms. The first-order valence-electron chi connectivity index (χ1n) is 8.88. The van der Waals surface area contributed by atoms with Crippen LogP contribution in [0.2, 0.25) is 0 Å². The second-order valence-corrected chi connectivity index (χ2v) is 7.90. The number of nitrogens with zero attached hydrogens (tertiary/aromatic N) is 3. The number of carbonyl (C=O) groups excluding carboxylic acids is 1. The van der Waals surface area contributed by atoms with Gasteiger partial charge in [0.2, 0.25) is 5.91 Å². The monoisotopic (exact) mass is 424 g/mol. The second kappa shape index (κ2) is 9.02. The molecule has 0 unspecified atom stereocenters. The minimum absolute atomic E-state index is 0.0767. The minimum atomic E-state index is -0.309. The zero-order valence-corrected chi connectivity index (χ0v) is 16.9. The summed E-state index contributed by atoms with van der Waals surface area (Å²) in [6.07, 6.45) is 0. The first-order chi connectivity index (χ1) is 14.2. The zero-order chi connectivity index (χ0) is 20.1. The van der Waals surface area contributed by atoms with Gasteiger partial charge in [-0.3, -0.25) is 9.36 Å². The van der Waals surface area contributed by atoms with E-state index in [1.807, 2.05) is 51.7 Å². The molecule has 5 nitrogen and oxygen atoms in total. The fraction of sp³-hybridized carbons (Fsp3) is 0.0952. The third-order valence-corrected chi connectivity index (χ3v) is 5.81. The summed E-state index contributed by atoms with van der Waals surface area (Å²) in [5, 5.41) is 16.1. The Kier molecular flexibility index (Phi) is 6.02. The fourth-order valence-corrected chi connectivity index (χ4v) is 4.18. The molecule has 0 aliphatic carbocycles. The molecule has 4 rings (SSSR count). The van der Waals surface area contributed by atoms with Crippen molar-refractivity contribution in [1.82, 2.24) is 20.1 Å². The lowest BCUT2D eigenvalue weighted by Crippen LogP contribution is -2.24. The van der Waals surface area contributed by atoms with Crippen LogP contribution >= 0.6 is 23.1 Å². The average Bonchev–Trinajstić information content (AvgIpc) is 3.42. The van der Waals surface area contributed by atoms with Gasteiger partial charge < -0.3 is 5.32 Å². The van der Waals surface area contributed by atoms with Gasteiger partial charge >= 0.3 is 0 Å². The molecule has 2 aromatic carbocycles. The number of rotatable bonds is 7. The standard InChI is InChI=1S/C21H17FN4OS2/c22-17-8-6-16(7-9-17)20-24-25-21(26(20)18-4-2-1-3-5-18)29-14-19(27)23-12-15-10-11-28-13-15/h1-11,13H,12,14H2,(H,23,27). The Morgan fingerprint density at radius 2 is 1.86 bits per heavy atom. The molecule has 8 heteroatoms. The van der Waals surface area contributed by atoms with Gasteiger partial charge in [0, 0.05) is 17.8 Å². The number of carbonyl (C=O) groups is 1. The molecule has 2 heterocycles. The topological polar surface area (TPSA) is 59.8 Å². The van der Waals surface area contributed by atoms with Crippen LogP contribution in [0.1, 0.15) is 5.56 Å². The molecule has 0 radical (unpaired) electrons. The summed E-state index contributed by atoms with van der Waals surface area (Å²) >= 11 is 2.91. The summed E-state index contributed by atoms with van der Waals surface area (Å²) in [5.41, 5.74) is 2.70. The molecule has 0 saturated carbocycles. The van der Waals surface area contributed by atoms with E-state index in [9.17, 15) is 9.18 Å². The number of hydrogen-bond acceptors (Lipinski definition) is 5. The van der Waals surface area contributed by atoms with Crippen molar-refractivity contribution >= 4 is 29.0 Å². The molecule has 1 amide bonds. The molecular formula is C21H17FN4OS2. The molecular weight excluding hydrogens is 407 g/mol. The van der Waals surface area contributed by atoms with E-state index < -0.39 is 0 Å². The highest BCUT2D eigenvalue weighted by atomic mass is 32.2. The maximum Gasteiger partial charge on any atom is 0.230 e. The van der Waals surface area contributed by atoms with Gasteiger partial charge in [0.25, 0.3) is 0 Å². The van der Waals surface area contributed by atoms with Crippen LogP contribution in [0.4, 0.5) is 4.39 Å². The van der Waals surface area contributed by atoms with Crippen molar-refractivity contribution in [3.8, 4) is 17.1 Å². The maximum absolute atomic E-state index is 13.3. The molecule has 2 aromatic heterocycles. The van der Waals surface area contributed by atoms with Crippen LogP contribution in [0.25, 0.3) is 17.1 Å². The van der Waals surface area contributed by atoms with E-state index in [1.165, 1.54) is 23.9 Å². The Bertz CT molecular complexity index is 1080. The summed E-state index contributed by atoms with van der Waals surface area (Å²) in [7, 11) is 0. The number of hydrogen-bond donors (Lipinski definition) is 1. The Hall–Kier alpha value is -2.97. The van der Waals surface area contributed by atoms with Crippen LogP contribution in [-0.4, -0.2) is 26.4 Å². The van der Waals surface area contributed by atoms with E-state index >= 15 is 0 Å². The molecule has 0 aliphatic heterocycles. The SMILES string of the molecule is O=C(CSc1nnc(-c2ccc(F)cc2)n1-c1ccccc1)NCc1ccsc1. The van der Waals surface area contributed by atoms with Gasteiger partial charge in [-0.1, -0.05) is 30.0 Å². The first kappa shape index (κ1) is 19.4. The number of para-hydroxylation sites is 1. The molecule has 0 fully saturated rings. The molecule has 0 saturated heterocycles. The Morgan fingerprint density at radius 1 is 1.07 bits per heavy atom. The van der Waals surface area contributed by atoms with Gasteiger partial charge in [0.15, 0.2) is 11.0 Å². The van der Waals surface area contributed by atoms with Crippen LogP contribution in [0.15, 0.2) is 76.6 Å². The van der Waals surface area contributed by atoms with E-state index in [-0.39, 0.29) is 17.5 Å². The lowest BCUT2D eigenvalue weighted by atomic mass is 10.2. The van der Waals surface area contributed by atoms with Gasteiger partial charge in [0.05, 0.1) is 5.75 Å². The van der Waals surface area contributed by atoms with Gasteiger partial charge in [-0.25, -0.2) is 4.39 Å². The van der Waals surface area contributed by atoms with Crippen molar-refractivity contribution in [3.05, 3.63) is 82.8 Å². The molecule has 4 aromatic rings. The smallest absolute Gasteiger partial charge is 0.230 e. The Morgan fingerprint density at radius 3 is 2.59 bits per heavy atom. The zero-order valence-electron chi connectivity index (χ0n) is 15.3. The lowest BCUT2D eigenvalue weighted by Gasteiger charge is -2.10. The van der Waals surface area contributed by atoms with Crippen molar-refractivity contribution in [2.75, 3.05) is 5.75 Å². The van der Waals surface area contributed by atoms with Crippen molar-refractivity contribution in [2.24, 2.45) is 0 Å². The highest BCUT2D eigenvalue weighted by Crippen LogP contribution is 2.28. The minimum Gasteiger partial charge on any atom is -0.351 e. The van der Waals surface area contributed by atoms with Crippen molar-refractivity contribution in [1.29, 1.82) is 0 Å². The predicted octanol–water partition coefficient (Wildman–Crippen LogP) is 4.54. The number of nitrogens with one attached hydrogen (secondary N) is 1. The van der Waals surface area contributed by atoms with Gasteiger partial charge in [-0.05, 0) is 58.8 Å². The van der Waals surface area contributed by atoms with E-state index in [0.29, 0.717) is 17.5 Å². The molecule has 0 atom stereocenters. The predicted molar refractivity (Wildman–Crippen MR) is 114 cm³/mol. The van der Waals surface area contributed by atoms with Crippen LogP contribution in [-0.2, 0) is 11.3 Å². The van der Waals surface area contributed by atoms with E-state index in [0.717, 1.165) is 16.8 Å². The number of halogens is 1. The second-order valence-electron chi connectivity index (χ2n) is 6.18. The van der Waals surface area contributed by atoms with Crippen LogP contribution in [0.3, 0.4) is 0 Å². The van der Waals surface area contributed by atoms with E-state index in [4.69, 9.17) is 0 Å². The Labute approximate surface area is 175 Å².